The minimum Gasteiger partial charge on any atom is -0.368 e. The van der Waals surface area contributed by atoms with Crippen molar-refractivity contribution in [3.8, 4) is 10.6 Å². The summed E-state index contributed by atoms with van der Waals surface area (Å²) in [5.74, 6) is 0. The number of nitrogens with one attached hydrogen (secondary N) is 2. The summed E-state index contributed by atoms with van der Waals surface area (Å²) in [6, 6.07) is 44.9. The summed E-state index contributed by atoms with van der Waals surface area (Å²) in [6.45, 7) is 0. The third-order valence-corrected chi connectivity index (χ3v) is 7.76. The van der Waals surface area contributed by atoms with Gasteiger partial charge in [0.25, 0.3) is 0 Å². The highest BCUT2D eigenvalue weighted by Crippen LogP contribution is 2.40. The maximum atomic E-state index is 4.35. The third-order valence-electron chi connectivity index (χ3n) is 6.65. The molecule has 4 heteroatoms. The SMILES string of the molecule is CN=c1ccc2[nH+]c3ccc(NC(c4ccccc4)(c4ccccc4)c4ccccc4)cc3sc-2c1. The van der Waals surface area contributed by atoms with E-state index in [1.165, 1.54) is 26.3 Å². The number of fused-ring (bicyclic) bond motifs is 2. The summed E-state index contributed by atoms with van der Waals surface area (Å²) in [5.41, 5.74) is 6.29. The number of rotatable bonds is 5. The lowest BCUT2D eigenvalue weighted by Gasteiger charge is -2.38. The van der Waals surface area contributed by atoms with E-state index in [-0.39, 0.29) is 0 Å². The van der Waals surface area contributed by atoms with Crippen molar-refractivity contribution in [2.45, 2.75) is 5.54 Å². The van der Waals surface area contributed by atoms with Crippen LogP contribution in [0.1, 0.15) is 16.7 Å². The molecule has 3 nitrogen and oxygen atoms in total. The first-order chi connectivity index (χ1) is 17.8. The molecule has 0 saturated carbocycles. The normalized spacial score (nSPS) is 12.2. The van der Waals surface area contributed by atoms with E-state index < -0.39 is 5.54 Å². The van der Waals surface area contributed by atoms with Crippen molar-refractivity contribution in [2.24, 2.45) is 4.99 Å². The predicted molar refractivity (Wildman–Crippen MR) is 149 cm³/mol. The number of hydrogen-bond acceptors (Lipinski definition) is 3. The van der Waals surface area contributed by atoms with Gasteiger partial charge in [-0.2, -0.15) is 0 Å². The Kier molecular flexibility index (Phi) is 5.80. The fourth-order valence-corrected chi connectivity index (χ4v) is 5.95. The minimum atomic E-state index is -0.559. The average Bonchev–Trinajstić information content (AvgIpc) is 2.96. The van der Waals surface area contributed by atoms with Crippen molar-refractivity contribution in [1.82, 2.24) is 0 Å². The molecule has 0 unspecified atom stereocenters. The molecule has 1 aliphatic heterocycles. The van der Waals surface area contributed by atoms with Crippen molar-refractivity contribution in [1.29, 1.82) is 0 Å². The van der Waals surface area contributed by atoms with E-state index in [1.54, 1.807) is 11.3 Å². The molecule has 0 fully saturated rings. The number of benzene rings is 5. The third kappa shape index (κ3) is 3.96. The zero-order valence-corrected chi connectivity index (χ0v) is 20.8. The number of hydrogen-bond donors (Lipinski definition) is 1. The Morgan fingerprint density at radius 3 is 1.81 bits per heavy atom. The predicted octanol–water partition coefficient (Wildman–Crippen LogP) is 6.75. The second-order valence-electron chi connectivity index (χ2n) is 8.82. The van der Waals surface area contributed by atoms with Gasteiger partial charge in [-0.1, -0.05) is 91.0 Å². The lowest BCUT2D eigenvalue weighted by atomic mass is 9.77. The van der Waals surface area contributed by atoms with Gasteiger partial charge in [-0.3, -0.25) is 4.99 Å². The quantitative estimate of drug-likeness (QED) is 0.213. The molecule has 4 aromatic carbocycles. The van der Waals surface area contributed by atoms with E-state index in [2.05, 4.69) is 137 Å². The van der Waals surface area contributed by atoms with Gasteiger partial charge in [0, 0.05) is 24.9 Å². The van der Waals surface area contributed by atoms with Crippen LogP contribution >= 0.6 is 11.3 Å². The van der Waals surface area contributed by atoms with E-state index in [1.807, 2.05) is 13.1 Å². The molecule has 1 heterocycles. The smallest absolute Gasteiger partial charge is 0.221 e. The van der Waals surface area contributed by atoms with Crippen LogP contribution in [0, 0.1) is 0 Å². The van der Waals surface area contributed by atoms with Gasteiger partial charge in [-0.15, -0.1) is 11.3 Å². The zero-order chi connectivity index (χ0) is 24.4. The van der Waals surface area contributed by atoms with Crippen LogP contribution in [0.25, 0.3) is 20.8 Å². The summed E-state index contributed by atoms with van der Waals surface area (Å²) in [4.78, 5) is 9.12. The molecule has 0 radical (unpaired) electrons. The summed E-state index contributed by atoms with van der Waals surface area (Å²) >= 11 is 1.78. The first-order valence-corrected chi connectivity index (χ1v) is 12.9. The molecule has 36 heavy (non-hydrogen) atoms. The first-order valence-electron chi connectivity index (χ1n) is 12.0. The van der Waals surface area contributed by atoms with Gasteiger partial charge in [0.2, 0.25) is 11.2 Å². The number of anilines is 1. The maximum absolute atomic E-state index is 4.35. The van der Waals surface area contributed by atoms with Gasteiger partial charge < -0.3 is 5.32 Å². The molecule has 0 atom stereocenters. The van der Waals surface area contributed by atoms with Gasteiger partial charge >= 0.3 is 0 Å². The molecular weight excluding hydrogens is 458 g/mol. The molecule has 4 aromatic rings. The Labute approximate surface area is 214 Å². The van der Waals surface area contributed by atoms with Crippen molar-refractivity contribution in [3.63, 3.8) is 0 Å². The molecular formula is C32H26N3S+. The van der Waals surface area contributed by atoms with Crippen LogP contribution in [0.2, 0.25) is 0 Å². The maximum Gasteiger partial charge on any atom is 0.221 e. The molecule has 6 rings (SSSR count). The largest absolute Gasteiger partial charge is 0.368 e. The topological polar surface area (TPSA) is 38.5 Å². The molecule has 0 aromatic heterocycles. The van der Waals surface area contributed by atoms with Crippen molar-refractivity contribution in [2.75, 3.05) is 12.4 Å². The summed E-state index contributed by atoms with van der Waals surface area (Å²) in [5, 5.41) is 4.96. The van der Waals surface area contributed by atoms with Crippen LogP contribution in [0.5, 0.6) is 0 Å². The van der Waals surface area contributed by atoms with Crippen LogP contribution in [-0.4, -0.2) is 7.05 Å². The highest BCUT2D eigenvalue weighted by atomic mass is 32.1. The summed E-state index contributed by atoms with van der Waals surface area (Å²) in [6.07, 6.45) is 0. The van der Waals surface area contributed by atoms with Gasteiger partial charge in [0.05, 0.1) is 5.36 Å². The lowest BCUT2D eigenvalue weighted by Crippen LogP contribution is -2.38. The highest BCUT2D eigenvalue weighted by Gasteiger charge is 2.36. The van der Waals surface area contributed by atoms with Crippen LogP contribution in [-0.2, 0) is 5.54 Å². The zero-order valence-electron chi connectivity index (χ0n) is 20.0. The molecule has 2 aliphatic rings. The van der Waals surface area contributed by atoms with Crippen LogP contribution in [0.3, 0.4) is 0 Å². The van der Waals surface area contributed by atoms with Crippen LogP contribution in [0.4, 0.5) is 5.69 Å². The van der Waals surface area contributed by atoms with E-state index in [9.17, 15) is 0 Å². The monoisotopic (exact) mass is 484 g/mol. The van der Waals surface area contributed by atoms with Crippen LogP contribution in [0.15, 0.2) is 132 Å². The molecule has 0 spiro atoms. The van der Waals surface area contributed by atoms with Crippen molar-refractivity contribution in [3.05, 3.63) is 149 Å². The Morgan fingerprint density at radius 1 is 0.667 bits per heavy atom. The average molecular weight is 485 g/mol. The second-order valence-corrected chi connectivity index (χ2v) is 9.90. The molecule has 1 aliphatic carbocycles. The molecule has 0 bridgehead atoms. The van der Waals surface area contributed by atoms with Crippen molar-refractivity contribution >= 4 is 27.2 Å². The van der Waals surface area contributed by atoms with E-state index >= 15 is 0 Å². The van der Waals surface area contributed by atoms with Gasteiger partial charge in [0.1, 0.15) is 15.1 Å². The van der Waals surface area contributed by atoms with E-state index in [0.29, 0.717) is 0 Å². The van der Waals surface area contributed by atoms with Crippen LogP contribution < -0.4 is 15.7 Å². The van der Waals surface area contributed by atoms with E-state index in [4.69, 9.17) is 0 Å². The Bertz CT molecular complexity index is 1560. The second kappa shape index (κ2) is 9.40. The molecule has 2 N–H and O–H groups in total. The lowest BCUT2D eigenvalue weighted by molar-refractivity contribution is -0.330. The Balaban J connectivity index is 1.57. The van der Waals surface area contributed by atoms with E-state index in [0.717, 1.165) is 22.3 Å². The van der Waals surface area contributed by atoms with Gasteiger partial charge in [-0.05, 0) is 41.0 Å². The Morgan fingerprint density at radius 2 is 1.25 bits per heavy atom. The van der Waals surface area contributed by atoms with Gasteiger partial charge in [-0.25, -0.2) is 4.98 Å². The van der Waals surface area contributed by atoms with Gasteiger partial charge in [0.15, 0.2) is 0 Å². The summed E-state index contributed by atoms with van der Waals surface area (Å²) in [7, 11) is 1.83. The first kappa shape index (κ1) is 22.2. The summed E-state index contributed by atoms with van der Waals surface area (Å²) < 4.78 is 1.18. The minimum absolute atomic E-state index is 0.559. The Hall–Kier alpha value is -4.28. The number of H-pyrrole nitrogens is 1. The van der Waals surface area contributed by atoms with Crippen molar-refractivity contribution < 1.29 is 4.98 Å². The fourth-order valence-electron chi connectivity index (χ4n) is 4.89. The number of aromatic amines is 1. The molecule has 174 valence electrons. The highest BCUT2D eigenvalue weighted by molar-refractivity contribution is 7.21. The number of aromatic nitrogens is 1. The molecule has 0 saturated heterocycles. The fraction of sp³-hybridized carbons (Fsp3) is 0.0625. The molecule has 0 amide bonds. The number of nitrogens with zero attached hydrogens (tertiary/aromatic N) is 1. The standard InChI is InChI=1S/C32H25N3S/c1-33-26-17-19-28-30(21-26)36-31-22-27(18-20-29(31)34-28)35-32(23-11-5-2-6-12-23,24-13-7-3-8-14-24)25-15-9-4-10-16-25/h2-22,35H,1H3/p+1.